The van der Waals surface area contributed by atoms with E-state index in [0.717, 1.165) is 34.0 Å². The van der Waals surface area contributed by atoms with Gasteiger partial charge >= 0.3 is 0 Å². The number of aromatic nitrogens is 2. The van der Waals surface area contributed by atoms with Crippen molar-refractivity contribution in [3.8, 4) is 11.6 Å². The minimum absolute atomic E-state index is 0.141. The van der Waals surface area contributed by atoms with Crippen LogP contribution in [0.2, 0.25) is 5.28 Å². The Bertz CT molecular complexity index is 1380. The number of ether oxygens (including phenoxy) is 1. The number of halogens is 2. The normalized spacial score (nSPS) is 14.5. The van der Waals surface area contributed by atoms with Gasteiger partial charge in [-0.1, -0.05) is 18.2 Å². The van der Waals surface area contributed by atoms with Gasteiger partial charge in [0.15, 0.2) is 0 Å². The zero-order valence-electron chi connectivity index (χ0n) is 18.5. The van der Waals surface area contributed by atoms with E-state index >= 15 is 0 Å². The summed E-state index contributed by atoms with van der Waals surface area (Å²) in [5.74, 6) is -1.98. The second-order valence-corrected chi connectivity index (χ2v) is 8.91. The van der Waals surface area contributed by atoms with Crippen LogP contribution in [-0.4, -0.2) is 38.5 Å². The smallest absolute Gasteiger partial charge is 0.294 e. The van der Waals surface area contributed by atoms with E-state index in [0.29, 0.717) is 11.3 Å². The standard InChI is InChI=1S/C24H18ClFN4O4S/c1-13-6-7-16(8-14(13)2)28-20(31)12-30-22(32)19(35-24(30)33)10-15-4-3-5-17(9-15)34-21-18(26)11-27-23(25)29-21/h3-11H,12H2,1-2H3,(H,28,31)/b19-10+. The van der Waals surface area contributed by atoms with Crippen molar-refractivity contribution in [1.29, 1.82) is 0 Å². The van der Waals surface area contributed by atoms with E-state index in [1.165, 1.54) is 12.1 Å². The first-order valence-corrected chi connectivity index (χ1v) is 11.5. The maximum atomic E-state index is 13.9. The van der Waals surface area contributed by atoms with E-state index in [-0.39, 0.29) is 21.8 Å². The molecule has 1 aromatic heterocycles. The largest absolute Gasteiger partial charge is 0.436 e. The molecule has 0 radical (unpaired) electrons. The quantitative estimate of drug-likeness (QED) is 0.350. The summed E-state index contributed by atoms with van der Waals surface area (Å²) in [4.78, 5) is 45.9. The first kappa shape index (κ1) is 24.4. The van der Waals surface area contributed by atoms with E-state index in [1.807, 2.05) is 26.0 Å². The molecule has 3 aromatic rings. The predicted octanol–water partition coefficient (Wildman–Crippen LogP) is 5.35. The van der Waals surface area contributed by atoms with Gasteiger partial charge in [-0.05, 0) is 84.2 Å². The molecule has 0 bridgehead atoms. The Kier molecular flexibility index (Phi) is 7.13. The summed E-state index contributed by atoms with van der Waals surface area (Å²) in [5, 5.41) is 1.97. The monoisotopic (exact) mass is 512 g/mol. The average Bonchev–Trinajstić information content (AvgIpc) is 3.06. The molecule has 1 fully saturated rings. The molecule has 1 aliphatic rings. The molecule has 8 nitrogen and oxygen atoms in total. The number of benzene rings is 2. The number of amides is 3. The van der Waals surface area contributed by atoms with Gasteiger partial charge in [0, 0.05) is 5.69 Å². The van der Waals surface area contributed by atoms with Crippen LogP contribution in [0.3, 0.4) is 0 Å². The zero-order chi connectivity index (χ0) is 25.1. The molecule has 4 rings (SSSR count). The summed E-state index contributed by atoms with van der Waals surface area (Å²) < 4.78 is 19.3. The number of aryl methyl sites for hydroxylation is 2. The van der Waals surface area contributed by atoms with Crippen LogP contribution >= 0.6 is 23.4 Å². The Balaban J connectivity index is 1.45. The first-order chi connectivity index (χ1) is 16.7. The summed E-state index contributed by atoms with van der Waals surface area (Å²) >= 11 is 6.40. The number of carbonyl (C=O) groups excluding carboxylic acids is 3. The van der Waals surface area contributed by atoms with E-state index in [4.69, 9.17) is 16.3 Å². The number of hydrogen-bond donors (Lipinski definition) is 1. The number of imide groups is 1. The van der Waals surface area contributed by atoms with Gasteiger partial charge < -0.3 is 10.1 Å². The Morgan fingerprint density at radius 1 is 1.20 bits per heavy atom. The fraction of sp³-hybridized carbons (Fsp3) is 0.125. The second kappa shape index (κ2) is 10.2. The molecule has 0 unspecified atom stereocenters. The number of nitrogens with zero attached hydrogens (tertiary/aromatic N) is 3. The topological polar surface area (TPSA) is 101 Å². The fourth-order valence-corrected chi connectivity index (χ4v) is 4.10. The molecule has 1 aliphatic heterocycles. The van der Waals surface area contributed by atoms with Crippen molar-refractivity contribution in [1.82, 2.24) is 14.9 Å². The van der Waals surface area contributed by atoms with Gasteiger partial charge in [-0.25, -0.2) is 4.98 Å². The minimum atomic E-state index is -0.792. The van der Waals surface area contributed by atoms with Crippen LogP contribution in [0.25, 0.3) is 6.08 Å². The molecule has 0 atom stereocenters. The molecule has 0 aliphatic carbocycles. The van der Waals surface area contributed by atoms with E-state index in [2.05, 4.69) is 15.3 Å². The predicted molar refractivity (Wildman–Crippen MR) is 131 cm³/mol. The van der Waals surface area contributed by atoms with Crippen molar-refractivity contribution < 1.29 is 23.5 Å². The molecule has 3 amide bonds. The highest BCUT2D eigenvalue weighted by Gasteiger charge is 2.36. The van der Waals surface area contributed by atoms with E-state index < -0.39 is 29.4 Å². The molecular formula is C24H18ClFN4O4S. The van der Waals surface area contributed by atoms with Gasteiger partial charge in [-0.3, -0.25) is 19.3 Å². The van der Waals surface area contributed by atoms with Crippen LogP contribution in [0.4, 0.5) is 14.9 Å². The van der Waals surface area contributed by atoms with Gasteiger partial charge in [0.25, 0.3) is 17.0 Å². The highest BCUT2D eigenvalue weighted by atomic mass is 35.5. The summed E-state index contributed by atoms with van der Waals surface area (Å²) in [6.45, 7) is 3.47. The SMILES string of the molecule is Cc1ccc(NC(=O)CN2C(=O)S/C(=C/c3cccc(Oc4nc(Cl)ncc4F)c3)C2=O)cc1C. The molecule has 178 valence electrons. The second-order valence-electron chi connectivity index (χ2n) is 7.58. The van der Waals surface area contributed by atoms with Crippen molar-refractivity contribution in [2.45, 2.75) is 13.8 Å². The summed E-state index contributed by atoms with van der Waals surface area (Å²) in [6, 6.07) is 11.9. The first-order valence-electron chi connectivity index (χ1n) is 10.3. The van der Waals surface area contributed by atoms with Gasteiger partial charge in [-0.15, -0.1) is 0 Å². The number of carbonyl (C=O) groups is 3. The lowest BCUT2D eigenvalue weighted by Crippen LogP contribution is -2.36. The Hall–Kier alpha value is -3.76. The molecule has 0 spiro atoms. The zero-order valence-corrected chi connectivity index (χ0v) is 20.1. The van der Waals surface area contributed by atoms with Gasteiger partial charge in [0.05, 0.1) is 11.1 Å². The van der Waals surface area contributed by atoms with Crippen LogP contribution in [0.1, 0.15) is 16.7 Å². The molecular weight excluding hydrogens is 495 g/mol. The summed E-state index contributed by atoms with van der Waals surface area (Å²) in [7, 11) is 0. The average molecular weight is 513 g/mol. The van der Waals surface area contributed by atoms with E-state index in [1.54, 1.807) is 24.3 Å². The van der Waals surface area contributed by atoms with Crippen molar-refractivity contribution in [2.24, 2.45) is 0 Å². The third-order valence-corrected chi connectivity index (χ3v) is 6.11. The van der Waals surface area contributed by atoms with Crippen LogP contribution < -0.4 is 10.1 Å². The molecule has 11 heteroatoms. The molecule has 0 saturated carbocycles. The van der Waals surface area contributed by atoms with Crippen LogP contribution in [0.15, 0.2) is 53.6 Å². The van der Waals surface area contributed by atoms with Crippen molar-refractivity contribution in [2.75, 3.05) is 11.9 Å². The van der Waals surface area contributed by atoms with Gasteiger partial charge in [-0.2, -0.15) is 9.37 Å². The minimum Gasteiger partial charge on any atom is -0.436 e. The Morgan fingerprint density at radius 3 is 2.77 bits per heavy atom. The van der Waals surface area contributed by atoms with E-state index in [9.17, 15) is 18.8 Å². The lowest BCUT2D eigenvalue weighted by molar-refractivity contribution is -0.127. The fourth-order valence-electron chi connectivity index (χ4n) is 3.13. The number of thioether (sulfide) groups is 1. The number of nitrogens with one attached hydrogen (secondary N) is 1. The van der Waals surface area contributed by atoms with Gasteiger partial charge in [0.1, 0.15) is 12.3 Å². The molecule has 35 heavy (non-hydrogen) atoms. The lowest BCUT2D eigenvalue weighted by Gasteiger charge is -2.13. The molecule has 2 heterocycles. The maximum absolute atomic E-state index is 13.9. The number of anilines is 1. The summed E-state index contributed by atoms with van der Waals surface area (Å²) in [6.07, 6.45) is 2.38. The number of rotatable bonds is 6. The van der Waals surface area contributed by atoms with Crippen LogP contribution in [0, 0.1) is 19.7 Å². The lowest BCUT2D eigenvalue weighted by atomic mass is 10.1. The van der Waals surface area contributed by atoms with Crippen LogP contribution in [-0.2, 0) is 9.59 Å². The maximum Gasteiger partial charge on any atom is 0.294 e. The highest BCUT2D eigenvalue weighted by molar-refractivity contribution is 8.18. The molecule has 1 saturated heterocycles. The third-order valence-electron chi connectivity index (χ3n) is 5.02. The van der Waals surface area contributed by atoms with Crippen molar-refractivity contribution in [3.05, 3.63) is 81.4 Å². The third kappa shape index (κ3) is 5.84. The van der Waals surface area contributed by atoms with Crippen LogP contribution in [0.5, 0.6) is 11.6 Å². The number of hydrogen-bond acceptors (Lipinski definition) is 7. The summed E-state index contributed by atoms with van der Waals surface area (Å²) in [5.41, 5.74) is 3.19. The molecule has 1 N–H and O–H groups in total. The van der Waals surface area contributed by atoms with Gasteiger partial charge in [0.2, 0.25) is 17.0 Å². The Labute approximate surface area is 209 Å². The Morgan fingerprint density at radius 2 is 2.00 bits per heavy atom. The molecule has 2 aromatic carbocycles. The highest BCUT2D eigenvalue weighted by Crippen LogP contribution is 2.33. The van der Waals surface area contributed by atoms with Crippen molar-refractivity contribution in [3.63, 3.8) is 0 Å². The van der Waals surface area contributed by atoms with Crippen molar-refractivity contribution >= 4 is 52.2 Å².